The van der Waals surface area contributed by atoms with E-state index in [9.17, 15) is 9.90 Å². The monoisotopic (exact) mass is 257 g/mol. The number of aliphatic hydroxyl groups excluding tert-OH is 1. The number of aliphatic hydroxyl groups is 1. The number of hydrogen-bond acceptors (Lipinski definition) is 4. The molecule has 0 radical (unpaired) electrons. The molecule has 0 saturated heterocycles. The summed E-state index contributed by atoms with van der Waals surface area (Å²) in [5, 5.41) is 17.3. The van der Waals surface area contributed by atoms with Gasteiger partial charge in [0.1, 0.15) is 0 Å². The molecule has 0 heterocycles. The molecule has 1 unspecified atom stereocenters. The van der Waals surface area contributed by atoms with Crippen molar-refractivity contribution in [2.24, 2.45) is 5.73 Å². The molecule has 4 nitrogen and oxygen atoms in total. The summed E-state index contributed by atoms with van der Waals surface area (Å²) in [6.07, 6.45) is -1.34. The first-order chi connectivity index (χ1) is 4.06. The van der Waals surface area contributed by atoms with E-state index >= 15 is 0 Å². The minimum absolute atomic E-state index is 0. The van der Waals surface area contributed by atoms with E-state index in [4.69, 9.17) is 10.8 Å². The zero-order valence-corrected chi connectivity index (χ0v) is 7.41. The van der Waals surface area contributed by atoms with Crippen molar-refractivity contribution in [2.75, 3.05) is 6.54 Å². The summed E-state index contributed by atoms with van der Waals surface area (Å²) in [5.74, 6) is -1.44. The van der Waals surface area contributed by atoms with E-state index in [-0.39, 0.29) is 29.8 Å². The maximum absolute atomic E-state index is 9.34. The zero-order chi connectivity index (χ0) is 7.86. The number of rotatable bonds is 1. The number of carbonyl (C=O) groups excluding carboxylic acids is 1. The van der Waals surface area contributed by atoms with E-state index in [1.807, 2.05) is 6.92 Å². The number of nitrogens with two attached hydrogens (primary N) is 1. The normalized spacial score (nSPS) is 9.09. The molecule has 0 aliphatic heterocycles. The molecule has 0 bridgehead atoms. The first-order valence-electron chi connectivity index (χ1n) is 2.65. The fraction of sp³-hybridized carbons (Fsp3) is 0.833. The maximum atomic E-state index is 9.34. The van der Waals surface area contributed by atoms with Crippen molar-refractivity contribution in [1.82, 2.24) is 0 Å². The van der Waals surface area contributed by atoms with Crippen LogP contribution in [0.3, 0.4) is 0 Å². The average molecular weight is 258 g/mol. The summed E-state index contributed by atoms with van der Waals surface area (Å²) < 4.78 is 0. The second kappa shape index (κ2) is 16.6. The number of carbonyl (C=O) groups is 1. The van der Waals surface area contributed by atoms with Crippen molar-refractivity contribution in [3.8, 4) is 0 Å². The van der Waals surface area contributed by atoms with E-state index in [2.05, 4.69) is 0 Å². The topological polar surface area (TPSA) is 86.4 Å². The number of carboxylic acid groups (broad SMARTS) is 1. The third-order valence-corrected chi connectivity index (χ3v) is 0.341. The predicted octanol–water partition coefficient (Wildman–Crippen LogP) is -1.28. The molecule has 0 aliphatic carbocycles. The van der Waals surface area contributed by atoms with Gasteiger partial charge in [0.2, 0.25) is 0 Å². The van der Waals surface area contributed by atoms with Gasteiger partial charge in [0, 0.05) is 0 Å². The molecule has 0 aromatic heterocycles. The van der Waals surface area contributed by atoms with Gasteiger partial charge in [0.15, 0.2) is 0 Å². The second-order valence-electron chi connectivity index (χ2n) is 1.40. The van der Waals surface area contributed by atoms with E-state index in [0.29, 0.717) is 0 Å². The quantitative estimate of drug-likeness (QED) is 0.573. The SMILES string of the molecule is C.CC(O)C(=O)[O-].CCN.[Ag+]. The first-order valence-corrected chi connectivity index (χ1v) is 2.65. The summed E-state index contributed by atoms with van der Waals surface area (Å²) in [6.45, 7) is 3.79. The van der Waals surface area contributed by atoms with Crippen LogP contribution in [0.15, 0.2) is 0 Å². The van der Waals surface area contributed by atoms with Gasteiger partial charge in [-0.2, -0.15) is 0 Å². The minimum Gasteiger partial charge on any atom is -0.547 e. The van der Waals surface area contributed by atoms with E-state index in [1.54, 1.807) is 0 Å². The molecule has 11 heavy (non-hydrogen) atoms. The summed E-state index contributed by atoms with van der Waals surface area (Å²) in [7, 11) is 0. The van der Waals surface area contributed by atoms with Gasteiger partial charge >= 0.3 is 22.4 Å². The van der Waals surface area contributed by atoms with Gasteiger partial charge in [0.05, 0.1) is 12.1 Å². The number of hydrogen-bond donors (Lipinski definition) is 2. The maximum Gasteiger partial charge on any atom is 1.00 e. The zero-order valence-electron chi connectivity index (χ0n) is 5.93. The molecule has 0 fully saturated rings. The van der Waals surface area contributed by atoms with E-state index in [0.717, 1.165) is 13.5 Å². The fourth-order valence-corrected chi connectivity index (χ4v) is 0. The van der Waals surface area contributed by atoms with Gasteiger partial charge in [-0.25, -0.2) is 0 Å². The smallest absolute Gasteiger partial charge is 0.547 e. The number of carboxylic acids is 1. The molecule has 0 aliphatic rings. The van der Waals surface area contributed by atoms with Gasteiger partial charge in [-0.05, 0) is 13.5 Å². The van der Waals surface area contributed by atoms with Crippen LogP contribution in [0.25, 0.3) is 0 Å². The Balaban J connectivity index is -0.0000000437. The minimum atomic E-state index is -1.44. The van der Waals surface area contributed by atoms with Crippen LogP contribution in [0.1, 0.15) is 21.3 Å². The molecule has 1 atom stereocenters. The summed E-state index contributed by atoms with van der Waals surface area (Å²) >= 11 is 0. The van der Waals surface area contributed by atoms with Crippen molar-refractivity contribution < 1.29 is 37.4 Å². The molecule has 0 amide bonds. The van der Waals surface area contributed by atoms with Crippen molar-refractivity contribution in [3.63, 3.8) is 0 Å². The molecule has 0 spiro atoms. The molecule has 74 valence electrons. The molecular formula is C6H16AgNO3. The molecule has 0 aromatic carbocycles. The summed E-state index contributed by atoms with van der Waals surface area (Å²) in [4.78, 5) is 9.34. The molecule has 0 rings (SSSR count). The molecule has 0 saturated carbocycles. The van der Waals surface area contributed by atoms with Gasteiger partial charge in [-0.1, -0.05) is 14.4 Å². The summed E-state index contributed by atoms with van der Waals surface area (Å²) in [5.41, 5.74) is 4.85. The van der Waals surface area contributed by atoms with Crippen LogP contribution in [-0.4, -0.2) is 23.7 Å². The van der Waals surface area contributed by atoms with Gasteiger partial charge in [0.25, 0.3) is 0 Å². The van der Waals surface area contributed by atoms with Crippen molar-refractivity contribution in [2.45, 2.75) is 27.4 Å². The Morgan fingerprint density at radius 3 is 1.82 bits per heavy atom. The summed E-state index contributed by atoms with van der Waals surface area (Å²) in [6, 6.07) is 0. The van der Waals surface area contributed by atoms with Crippen molar-refractivity contribution in [3.05, 3.63) is 0 Å². The van der Waals surface area contributed by atoms with Crippen molar-refractivity contribution in [1.29, 1.82) is 0 Å². The van der Waals surface area contributed by atoms with Crippen LogP contribution in [0, 0.1) is 0 Å². The average Bonchev–Trinajstić information content (AvgIpc) is 1.68. The Bertz CT molecular complexity index is 78.2. The third-order valence-electron chi connectivity index (χ3n) is 0.341. The predicted molar refractivity (Wildman–Crippen MR) is 38.1 cm³/mol. The fourth-order valence-electron chi connectivity index (χ4n) is 0. The van der Waals surface area contributed by atoms with Gasteiger partial charge in [-0.15, -0.1) is 0 Å². The molecule has 5 heteroatoms. The van der Waals surface area contributed by atoms with Crippen LogP contribution in [0.5, 0.6) is 0 Å². The van der Waals surface area contributed by atoms with Crippen molar-refractivity contribution >= 4 is 5.97 Å². The molecule has 0 aromatic rings. The number of aliphatic carboxylic acids is 1. The largest absolute Gasteiger partial charge is 1.00 e. The Labute approximate surface area is 83.3 Å². The van der Waals surface area contributed by atoms with Crippen LogP contribution < -0.4 is 10.8 Å². The Kier molecular flexibility index (Phi) is 33.9. The molecular weight excluding hydrogens is 242 g/mol. The van der Waals surface area contributed by atoms with Gasteiger partial charge < -0.3 is 20.7 Å². The van der Waals surface area contributed by atoms with Crippen LogP contribution in [-0.2, 0) is 27.2 Å². The van der Waals surface area contributed by atoms with E-state index < -0.39 is 12.1 Å². The van der Waals surface area contributed by atoms with E-state index in [1.165, 1.54) is 0 Å². The van der Waals surface area contributed by atoms with Crippen LogP contribution in [0.2, 0.25) is 0 Å². The van der Waals surface area contributed by atoms with Crippen LogP contribution >= 0.6 is 0 Å². The Hall–Kier alpha value is 0.130. The Morgan fingerprint density at radius 1 is 1.73 bits per heavy atom. The Morgan fingerprint density at radius 2 is 1.82 bits per heavy atom. The first kappa shape index (κ1) is 22.5. The second-order valence-corrected chi connectivity index (χ2v) is 1.40. The molecule has 3 N–H and O–H groups in total. The third kappa shape index (κ3) is 39.3. The van der Waals surface area contributed by atoms with Gasteiger partial charge in [-0.3, -0.25) is 0 Å². The standard InChI is InChI=1S/C3H6O3.C2H7N.CH4.Ag/c1-2(4)3(5)6;1-2-3;;/h2,4H,1H3,(H,5,6);2-3H2,1H3;1H4;/q;;;+1/p-1. The van der Waals surface area contributed by atoms with Crippen LogP contribution in [0.4, 0.5) is 0 Å².